The fourth-order valence-corrected chi connectivity index (χ4v) is 1.06. The molecule has 13 heavy (non-hydrogen) atoms. The normalized spacial score (nSPS) is 15.2. The largest absolute Gasteiger partial charge is 0.266 e. The summed E-state index contributed by atoms with van der Waals surface area (Å²) in [5.41, 5.74) is 0. The lowest BCUT2D eigenvalue weighted by atomic mass is 10.1. The molecule has 78 valence electrons. The van der Waals surface area contributed by atoms with Gasteiger partial charge in [-0.3, -0.25) is 0 Å². The molecule has 0 amide bonds. The lowest BCUT2D eigenvalue weighted by molar-refractivity contribution is 0.0426. The highest BCUT2D eigenvalue weighted by atomic mass is 32.1. The number of rotatable bonds is 6. The van der Waals surface area contributed by atoms with Crippen molar-refractivity contribution in [2.24, 2.45) is 0 Å². The molecule has 0 nitrogen and oxygen atoms in total. The number of unbranched alkanes of at least 4 members (excludes halogenated alkanes) is 2. The zero-order chi connectivity index (χ0) is 10.3. The Balaban J connectivity index is 3.79. The Morgan fingerprint density at radius 3 is 2.46 bits per heavy atom. The van der Waals surface area contributed by atoms with Gasteiger partial charge in [-0.1, -0.05) is 32.8 Å². The van der Waals surface area contributed by atoms with Gasteiger partial charge in [-0.15, -0.1) is 0 Å². The standard InChI is InChI=1S/C10H18F2S/c1-3-4-5-7-10(11,12)8-6-9(2)13/h6,8-9,13H,3-5,7H2,1-2H3/b8-6-. The first-order chi connectivity index (χ1) is 5.98. The third kappa shape index (κ3) is 8.28. The van der Waals surface area contributed by atoms with Crippen molar-refractivity contribution in [1.29, 1.82) is 0 Å². The Bertz CT molecular complexity index is 153. The first kappa shape index (κ1) is 12.9. The summed E-state index contributed by atoms with van der Waals surface area (Å²) in [5.74, 6) is -2.65. The molecule has 1 unspecified atom stereocenters. The lowest BCUT2D eigenvalue weighted by Gasteiger charge is -2.11. The van der Waals surface area contributed by atoms with Gasteiger partial charge < -0.3 is 0 Å². The van der Waals surface area contributed by atoms with Crippen LogP contribution in [0.2, 0.25) is 0 Å². The number of hydrogen-bond acceptors (Lipinski definition) is 1. The number of hydrogen-bond donors (Lipinski definition) is 1. The van der Waals surface area contributed by atoms with Crippen molar-refractivity contribution in [3.05, 3.63) is 12.2 Å². The van der Waals surface area contributed by atoms with Gasteiger partial charge >= 0.3 is 0 Å². The van der Waals surface area contributed by atoms with Crippen LogP contribution in [0.5, 0.6) is 0 Å². The molecule has 0 radical (unpaired) electrons. The zero-order valence-corrected chi connectivity index (χ0v) is 9.16. The Labute approximate surface area is 84.8 Å². The molecule has 0 rings (SSSR count). The monoisotopic (exact) mass is 208 g/mol. The van der Waals surface area contributed by atoms with Crippen LogP contribution in [0.1, 0.15) is 39.5 Å². The SMILES string of the molecule is CCCCCC(F)(F)/C=C\C(C)S. The molecule has 1 atom stereocenters. The molecule has 0 aromatic rings. The maximum Gasteiger partial charge on any atom is 0.266 e. The van der Waals surface area contributed by atoms with E-state index >= 15 is 0 Å². The molecule has 0 spiro atoms. The van der Waals surface area contributed by atoms with Crippen molar-refractivity contribution in [1.82, 2.24) is 0 Å². The third-order valence-corrected chi connectivity index (χ3v) is 1.90. The number of alkyl halides is 2. The van der Waals surface area contributed by atoms with Crippen molar-refractivity contribution >= 4 is 12.6 Å². The van der Waals surface area contributed by atoms with Crippen LogP contribution >= 0.6 is 12.6 Å². The van der Waals surface area contributed by atoms with E-state index in [4.69, 9.17) is 0 Å². The predicted octanol–water partition coefficient (Wildman–Crippen LogP) is 4.08. The van der Waals surface area contributed by atoms with Gasteiger partial charge in [0.2, 0.25) is 0 Å². The quantitative estimate of drug-likeness (QED) is 0.379. The summed E-state index contributed by atoms with van der Waals surface area (Å²) in [6.45, 7) is 3.77. The van der Waals surface area contributed by atoms with Crippen LogP contribution in [0.25, 0.3) is 0 Å². The first-order valence-electron chi connectivity index (χ1n) is 4.73. The Morgan fingerprint density at radius 1 is 1.38 bits per heavy atom. The molecule has 0 aliphatic rings. The Morgan fingerprint density at radius 2 is 2.00 bits per heavy atom. The number of allylic oxidation sites excluding steroid dienone is 1. The smallest absolute Gasteiger partial charge is 0.202 e. The summed E-state index contributed by atoms with van der Waals surface area (Å²) in [5, 5.41) is -0.1000. The fraction of sp³-hybridized carbons (Fsp3) is 0.800. The van der Waals surface area contributed by atoms with E-state index in [1.54, 1.807) is 6.92 Å². The van der Waals surface area contributed by atoms with Crippen molar-refractivity contribution in [2.75, 3.05) is 0 Å². The molecule has 0 aliphatic carbocycles. The van der Waals surface area contributed by atoms with E-state index in [1.807, 2.05) is 6.92 Å². The molecule has 0 fully saturated rings. The molecule has 0 saturated heterocycles. The van der Waals surface area contributed by atoms with E-state index in [9.17, 15) is 8.78 Å². The Kier molecular flexibility index (Phi) is 6.39. The summed E-state index contributed by atoms with van der Waals surface area (Å²) in [4.78, 5) is 0. The van der Waals surface area contributed by atoms with Gasteiger partial charge in [0.15, 0.2) is 0 Å². The molecule has 0 N–H and O–H groups in total. The van der Waals surface area contributed by atoms with Gasteiger partial charge in [-0.2, -0.15) is 12.6 Å². The van der Waals surface area contributed by atoms with Crippen LogP contribution < -0.4 is 0 Å². The minimum absolute atomic E-state index is 0.0438. The average Bonchev–Trinajstić information content (AvgIpc) is 2.02. The van der Waals surface area contributed by atoms with Gasteiger partial charge in [0.05, 0.1) is 0 Å². The minimum atomic E-state index is -2.65. The number of halogens is 2. The average molecular weight is 208 g/mol. The predicted molar refractivity (Wildman–Crippen MR) is 56.7 cm³/mol. The van der Waals surface area contributed by atoms with Crippen LogP contribution in [-0.2, 0) is 0 Å². The van der Waals surface area contributed by atoms with Crippen LogP contribution in [0.3, 0.4) is 0 Å². The van der Waals surface area contributed by atoms with E-state index in [0.29, 0.717) is 6.42 Å². The summed E-state index contributed by atoms with van der Waals surface area (Å²) < 4.78 is 26.0. The van der Waals surface area contributed by atoms with Crippen LogP contribution in [0.15, 0.2) is 12.2 Å². The third-order valence-electron chi connectivity index (χ3n) is 1.73. The van der Waals surface area contributed by atoms with Gasteiger partial charge in [-0.05, 0) is 12.5 Å². The molecule has 0 heterocycles. The van der Waals surface area contributed by atoms with Gasteiger partial charge in [-0.25, -0.2) is 8.78 Å². The van der Waals surface area contributed by atoms with E-state index in [-0.39, 0.29) is 11.7 Å². The van der Waals surface area contributed by atoms with E-state index in [1.165, 1.54) is 6.08 Å². The number of thiol groups is 1. The minimum Gasteiger partial charge on any atom is -0.202 e. The highest BCUT2D eigenvalue weighted by molar-refractivity contribution is 7.81. The zero-order valence-electron chi connectivity index (χ0n) is 8.26. The van der Waals surface area contributed by atoms with Crippen molar-refractivity contribution in [3.63, 3.8) is 0 Å². The lowest BCUT2D eigenvalue weighted by Crippen LogP contribution is -2.12. The van der Waals surface area contributed by atoms with Crippen molar-refractivity contribution < 1.29 is 8.78 Å². The second-order valence-electron chi connectivity index (χ2n) is 3.32. The molecular formula is C10H18F2S. The molecule has 3 heteroatoms. The molecule has 0 bridgehead atoms. The highest BCUT2D eigenvalue weighted by Gasteiger charge is 2.23. The second-order valence-corrected chi connectivity index (χ2v) is 4.13. The van der Waals surface area contributed by atoms with Crippen molar-refractivity contribution in [3.8, 4) is 0 Å². The fourth-order valence-electron chi connectivity index (χ4n) is 0.974. The first-order valence-corrected chi connectivity index (χ1v) is 5.25. The van der Waals surface area contributed by atoms with E-state index in [0.717, 1.165) is 18.9 Å². The van der Waals surface area contributed by atoms with Gasteiger partial charge in [0.1, 0.15) is 0 Å². The molecule has 0 aliphatic heterocycles. The summed E-state index contributed by atoms with van der Waals surface area (Å²) in [6.07, 6.45) is 4.81. The second kappa shape index (κ2) is 6.41. The van der Waals surface area contributed by atoms with E-state index in [2.05, 4.69) is 12.6 Å². The molecule has 0 aromatic carbocycles. The summed E-state index contributed by atoms with van der Waals surface area (Å²) in [7, 11) is 0. The van der Waals surface area contributed by atoms with Gasteiger partial charge in [0.25, 0.3) is 5.92 Å². The van der Waals surface area contributed by atoms with Gasteiger partial charge in [0, 0.05) is 11.7 Å². The van der Waals surface area contributed by atoms with Crippen molar-refractivity contribution in [2.45, 2.75) is 50.7 Å². The topological polar surface area (TPSA) is 0 Å². The highest BCUT2D eigenvalue weighted by Crippen LogP contribution is 2.23. The van der Waals surface area contributed by atoms with Crippen LogP contribution in [0, 0.1) is 0 Å². The van der Waals surface area contributed by atoms with E-state index < -0.39 is 5.92 Å². The maximum absolute atomic E-state index is 13.0. The molecule has 0 saturated carbocycles. The molecular weight excluding hydrogens is 190 g/mol. The Hall–Kier alpha value is -0.0500. The summed E-state index contributed by atoms with van der Waals surface area (Å²) >= 11 is 4.00. The van der Waals surface area contributed by atoms with Crippen LogP contribution in [0.4, 0.5) is 8.78 Å². The van der Waals surface area contributed by atoms with Crippen LogP contribution in [-0.4, -0.2) is 11.2 Å². The summed E-state index contributed by atoms with van der Waals surface area (Å²) in [6, 6.07) is 0. The maximum atomic E-state index is 13.0. The molecule has 0 aromatic heterocycles.